The quantitative estimate of drug-likeness (QED) is 0.323. The fourth-order valence-corrected chi connectivity index (χ4v) is 0. The first-order chi connectivity index (χ1) is 1.73. The predicted octanol–water partition coefficient (Wildman–Crippen LogP) is -9.21. The van der Waals surface area contributed by atoms with Crippen molar-refractivity contribution in [3.63, 3.8) is 0 Å². The van der Waals surface area contributed by atoms with E-state index in [1.54, 1.807) is 0 Å². The first kappa shape index (κ1) is 250. The van der Waals surface area contributed by atoms with Crippen LogP contribution in [-0.4, -0.2) is 97.6 Å². The molecule has 0 fully saturated rings. The van der Waals surface area contributed by atoms with E-state index in [9.17, 15) is 0 Å². The van der Waals surface area contributed by atoms with Crippen LogP contribution in [0.4, 0.5) is 0 Å². The Bertz CT molecular complexity index is 33.5. The number of hydrogen-bond donors (Lipinski definition) is 2. The van der Waals surface area contributed by atoms with E-state index < -0.39 is 11.4 Å². The van der Waals surface area contributed by atoms with Crippen molar-refractivity contribution >= 4 is 40.9 Å². The average molecular weight is 286 g/mol. The van der Waals surface area contributed by atoms with Crippen LogP contribution in [0, 0.1) is 0 Å². The Morgan fingerprint density at radius 1 is 0.533 bits per heavy atom. The summed E-state index contributed by atoms with van der Waals surface area (Å²) in [5, 5.41) is 0. The van der Waals surface area contributed by atoms with Crippen molar-refractivity contribution in [1.82, 2.24) is 0 Å². The molecule has 0 saturated carbocycles. The Hall–Kier alpha value is 0.670. The average Bonchev–Trinajstić information content (AvgIpc) is 0.811. The van der Waals surface area contributed by atoms with E-state index in [4.69, 9.17) is 13.3 Å². The van der Waals surface area contributed by atoms with Gasteiger partial charge in [-0.05, 0) is 0 Å². The summed E-state index contributed by atoms with van der Waals surface area (Å²) < 4.78 is 22.8. The van der Waals surface area contributed by atoms with Crippen molar-refractivity contribution in [2.24, 2.45) is 0 Å². The van der Waals surface area contributed by atoms with Crippen molar-refractivity contribution in [3.8, 4) is 0 Å². The third kappa shape index (κ3) is 5250. The van der Waals surface area contributed by atoms with Crippen LogP contribution in [-0.2, 0) is 11.4 Å². The van der Waals surface area contributed by atoms with Crippen LogP contribution in [0.3, 0.4) is 0 Å². The molecule has 108 valence electrons. The van der Waals surface area contributed by atoms with Gasteiger partial charge in [0.2, 0.25) is 0 Å². The van der Waals surface area contributed by atoms with Gasteiger partial charge in [-0.3, -0.25) is 9.11 Å². The topological polar surface area (TPSA) is 373 Å². The molecule has 0 aliphatic carbocycles. The van der Waals surface area contributed by atoms with E-state index in [1.165, 1.54) is 0 Å². The van der Waals surface area contributed by atoms with Crippen molar-refractivity contribution in [2.75, 3.05) is 0 Å². The fourth-order valence-electron chi connectivity index (χ4n) is 0. The van der Waals surface area contributed by atoms with Crippen molar-refractivity contribution < 1.29 is 68.1 Å². The van der Waals surface area contributed by atoms with Crippen LogP contribution >= 0.6 is 0 Å². The van der Waals surface area contributed by atoms with Crippen LogP contribution in [0.15, 0.2) is 0 Å². The molecule has 22 N–H and O–H groups in total. The van der Waals surface area contributed by atoms with E-state index >= 15 is 0 Å². The van der Waals surface area contributed by atoms with Crippen molar-refractivity contribution in [3.05, 3.63) is 0 Å². The third-order valence-corrected chi connectivity index (χ3v) is 0. The molecule has 0 aromatic rings. The normalized spacial score (nSPS) is 2.33. The second-order valence-corrected chi connectivity index (χ2v) is 0.692. The molecule has 0 saturated heterocycles. The summed E-state index contributed by atoms with van der Waals surface area (Å²) >= 11 is -2.61. The van der Waals surface area contributed by atoms with E-state index in [1.807, 2.05) is 0 Å². The Balaban J connectivity index is -0.000000000818. The van der Waals surface area contributed by atoms with Gasteiger partial charge in [-0.15, -0.1) is 0 Å². The van der Waals surface area contributed by atoms with Gasteiger partial charge < -0.3 is 54.8 Å². The predicted molar refractivity (Wildman–Crippen MR) is 56.7 cm³/mol. The molecule has 0 spiro atoms. The van der Waals surface area contributed by atoms with Gasteiger partial charge in [0, 0.05) is 0 Å². The van der Waals surface area contributed by atoms with Gasteiger partial charge in [-0.25, -0.2) is 0 Å². The van der Waals surface area contributed by atoms with Gasteiger partial charge >= 0.3 is 29.6 Å². The molecule has 0 aromatic heterocycles. The second-order valence-electron chi connectivity index (χ2n) is 0.231. The molecule has 0 aromatic carbocycles. The molecule has 13 nitrogen and oxygen atoms in total. The summed E-state index contributed by atoms with van der Waals surface area (Å²) in [5.74, 6) is 0. The van der Waals surface area contributed by atoms with Crippen LogP contribution in [0.1, 0.15) is 0 Å². The summed E-state index contributed by atoms with van der Waals surface area (Å²) in [7, 11) is 0. The molecule has 0 bridgehead atoms. The van der Waals surface area contributed by atoms with E-state index in [-0.39, 0.29) is 84.3 Å². The summed E-state index contributed by atoms with van der Waals surface area (Å²) in [6.07, 6.45) is 0. The Kier molecular flexibility index (Phi) is 3400. The molecule has 0 heterocycles. The number of hydrogen-bond acceptors (Lipinski definition) is 1. The van der Waals surface area contributed by atoms with Gasteiger partial charge in [0.1, 0.15) is 0 Å². The molecule has 15 heavy (non-hydrogen) atoms. The summed E-state index contributed by atoms with van der Waals surface area (Å²) in [5.41, 5.74) is 0. The molecule has 0 rings (SSSR count). The maximum atomic E-state index is 8.67. The standard InChI is InChI=1S/Na.H2O3S.10H2O.H/c;1-4(2)3;;;;;;;;;;;/h;(H2,1,2,3);10*1H2;. The van der Waals surface area contributed by atoms with Gasteiger partial charge in [-0.1, -0.05) is 0 Å². The van der Waals surface area contributed by atoms with Gasteiger partial charge in [0.25, 0.3) is 11.4 Å². The molecule has 0 aliphatic rings. The zero-order valence-electron chi connectivity index (χ0n) is 6.71. The Labute approximate surface area is 109 Å². The molecular weight excluding hydrogens is 263 g/mol. The Morgan fingerprint density at radius 2 is 0.533 bits per heavy atom. The van der Waals surface area contributed by atoms with E-state index in [0.29, 0.717) is 0 Å². The molecule has 0 aliphatic heterocycles. The minimum atomic E-state index is -2.61. The molecule has 15 heteroatoms. The van der Waals surface area contributed by atoms with Gasteiger partial charge in [0.15, 0.2) is 0 Å². The summed E-state index contributed by atoms with van der Waals surface area (Å²) in [6.45, 7) is 0. The van der Waals surface area contributed by atoms with Crippen molar-refractivity contribution in [1.29, 1.82) is 0 Å². The monoisotopic (exact) mass is 286 g/mol. The Morgan fingerprint density at radius 3 is 0.533 bits per heavy atom. The SMILES string of the molecule is O.O.O.O.O.O.O.O.O.O.O=S(O)O.[NaH]. The first-order valence-corrected chi connectivity index (χ1v) is 1.60. The van der Waals surface area contributed by atoms with Crippen LogP contribution in [0.25, 0.3) is 0 Å². The van der Waals surface area contributed by atoms with E-state index in [2.05, 4.69) is 0 Å². The molecule has 0 amide bonds. The first-order valence-electron chi connectivity index (χ1n) is 0.532. The van der Waals surface area contributed by atoms with Gasteiger partial charge in [0.05, 0.1) is 0 Å². The van der Waals surface area contributed by atoms with Crippen LogP contribution in [0.5, 0.6) is 0 Å². The summed E-state index contributed by atoms with van der Waals surface area (Å²) in [4.78, 5) is 0. The van der Waals surface area contributed by atoms with Crippen LogP contribution < -0.4 is 0 Å². The zero-order valence-corrected chi connectivity index (χ0v) is 7.53. The molecule has 0 radical (unpaired) electrons. The minimum absolute atomic E-state index is 0. The molecule has 0 unspecified atom stereocenters. The molecular formula is H23NaO13S. The van der Waals surface area contributed by atoms with Crippen molar-refractivity contribution in [2.45, 2.75) is 0 Å². The second kappa shape index (κ2) is 204. The third-order valence-electron chi connectivity index (χ3n) is 0. The molecule has 0 atom stereocenters. The van der Waals surface area contributed by atoms with E-state index in [0.717, 1.165) is 0 Å². The maximum absolute atomic E-state index is 8.67. The van der Waals surface area contributed by atoms with Gasteiger partial charge in [-0.2, -0.15) is 4.21 Å². The fraction of sp³-hybridized carbons (Fsp3) is 0. The zero-order chi connectivity index (χ0) is 3.58. The van der Waals surface area contributed by atoms with Crippen LogP contribution in [0.2, 0.25) is 0 Å². The number of rotatable bonds is 0. The summed E-state index contributed by atoms with van der Waals surface area (Å²) in [6, 6.07) is 0.